The molecular formula is C22H25N5O4. The smallest absolute Gasteiger partial charge is 0.325 e. The number of amides is 3. The van der Waals surface area contributed by atoms with Gasteiger partial charge in [0.2, 0.25) is 12.7 Å². The molecule has 3 aliphatic heterocycles. The van der Waals surface area contributed by atoms with Gasteiger partial charge in [-0.2, -0.15) is 0 Å². The summed E-state index contributed by atoms with van der Waals surface area (Å²) in [6.07, 6.45) is 1.80. The number of rotatable bonds is 5. The molecule has 0 spiro atoms. The van der Waals surface area contributed by atoms with Crippen LogP contribution >= 0.6 is 0 Å². The van der Waals surface area contributed by atoms with E-state index in [9.17, 15) is 9.59 Å². The monoisotopic (exact) mass is 423 g/mol. The molecule has 0 unspecified atom stereocenters. The molecule has 5 rings (SSSR count). The summed E-state index contributed by atoms with van der Waals surface area (Å²) >= 11 is 0. The van der Waals surface area contributed by atoms with Crippen molar-refractivity contribution in [1.82, 2.24) is 19.7 Å². The van der Waals surface area contributed by atoms with Gasteiger partial charge in [0.15, 0.2) is 11.5 Å². The van der Waals surface area contributed by atoms with Gasteiger partial charge < -0.3 is 19.3 Å². The molecule has 0 atom stereocenters. The highest BCUT2D eigenvalue weighted by Crippen LogP contribution is 2.36. The van der Waals surface area contributed by atoms with E-state index in [1.165, 1.54) is 0 Å². The van der Waals surface area contributed by atoms with Crippen molar-refractivity contribution in [2.24, 2.45) is 0 Å². The summed E-state index contributed by atoms with van der Waals surface area (Å²) in [4.78, 5) is 37.5. The minimum absolute atomic E-state index is 0.00151. The Morgan fingerprint density at radius 2 is 1.81 bits per heavy atom. The predicted molar refractivity (Wildman–Crippen MR) is 113 cm³/mol. The number of piperazine rings is 1. The Balaban J connectivity index is 1.13. The van der Waals surface area contributed by atoms with Gasteiger partial charge in [0.05, 0.1) is 5.69 Å². The lowest BCUT2D eigenvalue weighted by Crippen LogP contribution is -2.51. The third-order valence-electron chi connectivity index (χ3n) is 5.93. The summed E-state index contributed by atoms with van der Waals surface area (Å²) in [5.74, 6) is 1.33. The number of anilines is 1. The van der Waals surface area contributed by atoms with Crippen molar-refractivity contribution in [1.29, 1.82) is 0 Å². The Morgan fingerprint density at radius 1 is 0.968 bits per heavy atom. The van der Waals surface area contributed by atoms with E-state index >= 15 is 0 Å². The van der Waals surface area contributed by atoms with Crippen LogP contribution in [0.3, 0.4) is 0 Å². The largest absolute Gasteiger partial charge is 0.454 e. The van der Waals surface area contributed by atoms with Crippen LogP contribution in [-0.2, 0) is 11.3 Å². The fraction of sp³-hybridized carbons (Fsp3) is 0.409. The highest BCUT2D eigenvalue weighted by Gasteiger charge is 2.33. The van der Waals surface area contributed by atoms with E-state index < -0.39 is 0 Å². The Kier molecular flexibility index (Phi) is 5.33. The lowest BCUT2D eigenvalue weighted by atomic mass is 10.2. The minimum atomic E-state index is -0.152. The summed E-state index contributed by atoms with van der Waals surface area (Å²) in [7, 11) is 0. The molecule has 0 saturated carbocycles. The van der Waals surface area contributed by atoms with E-state index in [-0.39, 0.29) is 25.3 Å². The second-order valence-corrected chi connectivity index (χ2v) is 7.87. The van der Waals surface area contributed by atoms with Crippen LogP contribution in [-0.4, -0.2) is 84.2 Å². The lowest BCUT2D eigenvalue weighted by Gasteiger charge is -2.35. The molecule has 162 valence electrons. The van der Waals surface area contributed by atoms with Crippen LogP contribution in [0.15, 0.2) is 42.6 Å². The maximum atomic E-state index is 12.9. The first-order valence-corrected chi connectivity index (χ1v) is 10.5. The number of ether oxygens (including phenoxy) is 2. The van der Waals surface area contributed by atoms with E-state index in [0.29, 0.717) is 37.7 Å². The van der Waals surface area contributed by atoms with Crippen LogP contribution in [0.4, 0.5) is 10.5 Å². The third-order valence-corrected chi connectivity index (χ3v) is 5.93. The number of hydrogen-bond acceptors (Lipinski definition) is 6. The quantitative estimate of drug-likeness (QED) is 0.724. The number of urea groups is 1. The van der Waals surface area contributed by atoms with Crippen LogP contribution in [0, 0.1) is 0 Å². The fourth-order valence-electron chi connectivity index (χ4n) is 4.16. The molecule has 2 aromatic rings. The van der Waals surface area contributed by atoms with Crippen LogP contribution in [0.1, 0.15) is 5.69 Å². The maximum Gasteiger partial charge on any atom is 0.325 e. The van der Waals surface area contributed by atoms with E-state index in [1.807, 2.05) is 41.3 Å². The van der Waals surface area contributed by atoms with Gasteiger partial charge in [-0.25, -0.2) is 4.79 Å². The normalized spacial score (nSPS) is 18.7. The predicted octanol–water partition coefficient (Wildman–Crippen LogP) is 1.40. The molecule has 0 bridgehead atoms. The van der Waals surface area contributed by atoms with Gasteiger partial charge in [-0.05, 0) is 24.3 Å². The summed E-state index contributed by atoms with van der Waals surface area (Å²) in [6, 6.07) is 11.2. The molecule has 3 amide bonds. The zero-order valence-electron chi connectivity index (χ0n) is 17.3. The van der Waals surface area contributed by atoms with Crippen LogP contribution in [0.25, 0.3) is 0 Å². The number of nitrogens with zero attached hydrogens (tertiary/aromatic N) is 5. The number of aromatic nitrogens is 1. The first-order chi connectivity index (χ1) is 15.2. The van der Waals surface area contributed by atoms with Crippen molar-refractivity contribution in [2.45, 2.75) is 6.54 Å². The fourth-order valence-corrected chi connectivity index (χ4v) is 4.16. The SMILES string of the molecule is O=C(CN1CCN(c2ccc3c(c2)OCO3)C1=O)N1CCN(Cc2ccccn2)CC1. The lowest BCUT2D eigenvalue weighted by molar-refractivity contribution is -0.133. The van der Waals surface area contributed by atoms with Crippen LogP contribution in [0.2, 0.25) is 0 Å². The minimum Gasteiger partial charge on any atom is -0.454 e. The first kappa shape index (κ1) is 19.6. The molecule has 0 N–H and O–H groups in total. The number of carbonyl (C=O) groups excluding carboxylic acids is 2. The standard InChI is InChI=1S/C22H25N5O4/c28-21(25-9-7-24(8-10-25)14-17-3-1-2-6-23-17)15-26-11-12-27(22(26)29)18-4-5-19-20(13-18)31-16-30-19/h1-6,13H,7-12,14-16H2. The number of fused-ring (bicyclic) bond motifs is 1. The van der Waals surface area contributed by atoms with Crippen molar-refractivity contribution in [3.63, 3.8) is 0 Å². The first-order valence-electron chi connectivity index (χ1n) is 10.5. The maximum absolute atomic E-state index is 12.9. The van der Waals surface area contributed by atoms with E-state index in [2.05, 4.69) is 9.88 Å². The Bertz CT molecular complexity index is 962. The van der Waals surface area contributed by atoms with Gasteiger partial charge in [0.25, 0.3) is 0 Å². The molecule has 3 aliphatic rings. The molecule has 1 aromatic carbocycles. The van der Waals surface area contributed by atoms with Crippen LogP contribution in [0.5, 0.6) is 11.5 Å². The second-order valence-electron chi connectivity index (χ2n) is 7.87. The molecule has 1 aromatic heterocycles. The Labute approximate surface area is 180 Å². The van der Waals surface area contributed by atoms with E-state index in [4.69, 9.17) is 9.47 Å². The van der Waals surface area contributed by atoms with Crippen LogP contribution < -0.4 is 14.4 Å². The average molecular weight is 423 g/mol. The van der Waals surface area contributed by atoms with Gasteiger partial charge in [-0.15, -0.1) is 0 Å². The average Bonchev–Trinajstić information content (AvgIpc) is 3.41. The van der Waals surface area contributed by atoms with Crippen molar-refractivity contribution >= 4 is 17.6 Å². The molecular weight excluding hydrogens is 398 g/mol. The molecule has 2 fully saturated rings. The number of benzene rings is 1. The van der Waals surface area contributed by atoms with Gasteiger partial charge in [-0.1, -0.05) is 6.07 Å². The molecule has 9 nitrogen and oxygen atoms in total. The number of pyridine rings is 1. The third kappa shape index (κ3) is 4.13. The Morgan fingerprint density at radius 3 is 2.61 bits per heavy atom. The van der Waals surface area contributed by atoms with E-state index in [1.54, 1.807) is 16.0 Å². The van der Waals surface area contributed by atoms with Crippen molar-refractivity contribution in [2.75, 3.05) is 57.5 Å². The molecule has 2 saturated heterocycles. The summed E-state index contributed by atoms with van der Waals surface area (Å²) in [6.45, 7) is 5.11. The summed E-state index contributed by atoms with van der Waals surface area (Å²) in [5.41, 5.74) is 1.79. The Hall–Kier alpha value is -3.33. The van der Waals surface area contributed by atoms with Crippen molar-refractivity contribution in [3.8, 4) is 11.5 Å². The molecule has 0 radical (unpaired) electrons. The molecule has 4 heterocycles. The summed E-state index contributed by atoms with van der Waals surface area (Å²) < 4.78 is 10.7. The van der Waals surface area contributed by atoms with Gasteiger partial charge in [0, 0.05) is 63.8 Å². The summed E-state index contributed by atoms with van der Waals surface area (Å²) in [5, 5.41) is 0. The zero-order valence-corrected chi connectivity index (χ0v) is 17.3. The zero-order chi connectivity index (χ0) is 21.2. The molecule has 31 heavy (non-hydrogen) atoms. The highest BCUT2D eigenvalue weighted by molar-refractivity contribution is 5.96. The second kappa shape index (κ2) is 8.43. The van der Waals surface area contributed by atoms with Gasteiger partial charge >= 0.3 is 6.03 Å². The van der Waals surface area contributed by atoms with Crippen molar-refractivity contribution < 1.29 is 19.1 Å². The van der Waals surface area contributed by atoms with Crippen molar-refractivity contribution in [3.05, 3.63) is 48.3 Å². The molecule has 0 aliphatic carbocycles. The topological polar surface area (TPSA) is 78.5 Å². The number of carbonyl (C=O) groups is 2. The van der Waals surface area contributed by atoms with Gasteiger partial charge in [-0.3, -0.25) is 19.6 Å². The van der Waals surface area contributed by atoms with Gasteiger partial charge in [0.1, 0.15) is 6.54 Å². The highest BCUT2D eigenvalue weighted by atomic mass is 16.7. The number of hydrogen-bond donors (Lipinski definition) is 0. The molecule has 9 heteroatoms. The van der Waals surface area contributed by atoms with E-state index in [0.717, 1.165) is 31.0 Å².